The molecule has 5 heteroatoms. The molecule has 0 unspecified atom stereocenters. The lowest BCUT2D eigenvalue weighted by Gasteiger charge is -2.15. The lowest BCUT2D eigenvalue weighted by Crippen LogP contribution is -2.28. The van der Waals surface area contributed by atoms with Crippen LogP contribution >= 0.6 is 11.3 Å². The summed E-state index contributed by atoms with van der Waals surface area (Å²) in [6.45, 7) is 3.66. The van der Waals surface area contributed by atoms with Crippen molar-refractivity contribution in [2.75, 3.05) is 13.1 Å². The van der Waals surface area contributed by atoms with Gasteiger partial charge in [-0.1, -0.05) is 0 Å². The zero-order valence-corrected chi connectivity index (χ0v) is 13.9. The first-order valence-electron chi connectivity index (χ1n) is 8.02. The number of aryl methyl sites for hydroxylation is 4. The van der Waals surface area contributed by atoms with Gasteiger partial charge in [-0.25, -0.2) is 4.98 Å². The highest BCUT2D eigenvalue weighted by atomic mass is 32.1. The van der Waals surface area contributed by atoms with Crippen LogP contribution in [0.5, 0.6) is 0 Å². The number of thiophene rings is 1. The number of nitrogens with zero attached hydrogens (tertiary/aromatic N) is 3. The Hall–Kier alpha value is -1.62. The molecule has 2 aromatic heterocycles. The number of likely N-dealkylation sites (tertiary alicyclic amines) is 1. The van der Waals surface area contributed by atoms with E-state index in [2.05, 4.69) is 21.8 Å². The number of amides is 1. The van der Waals surface area contributed by atoms with Gasteiger partial charge in [-0.3, -0.25) is 4.79 Å². The second-order valence-electron chi connectivity index (χ2n) is 6.50. The summed E-state index contributed by atoms with van der Waals surface area (Å²) in [6.07, 6.45) is 6.63. The molecule has 0 bridgehead atoms. The maximum atomic E-state index is 12.7. The SMILES string of the molecule is Cc1cn(C)c([C@@H]2CCN(C(=O)c3cc4c(s3)CCC4)C2)n1. The number of hydrogen-bond acceptors (Lipinski definition) is 3. The molecular formula is C17H21N3OS. The predicted octanol–water partition coefficient (Wildman–Crippen LogP) is 2.91. The summed E-state index contributed by atoms with van der Waals surface area (Å²) < 4.78 is 2.10. The van der Waals surface area contributed by atoms with Crippen molar-refractivity contribution in [1.82, 2.24) is 14.5 Å². The maximum absolute atomic E-state index is 12.7. The molecule has 0 saturated carbocycles. The molecule has 0 spiro atoms. The fourth-order valence-corrected chi connectivity index (χ4v) is 4.98. The molecule has 1 aliphatic carbocycles. The van der Waals surface area contributed by atoms with Crippen LogP contribution in [-0.4, -0.2) is 33.4 Å². The zero-order chi connectivity index (χ0) is 15.3. The van der Waals surface area contributed by atoms with Crippen LogP contribution in [0.25, 0.3) is 0 Å². The molecule has 22 heavy (non-hydrogen) atoms. The van der Waals surface area contributed by atoms with E-state index in [1.165, 1.54) is 16.9 Å². The van der Waals surface area contributed by atoms with Crippen molar-refractivity contribution in [2.45, 2.75) is 38.5 Å². The fraction of sp³-hybridized carbons (Fsp3) is 0.529. The molecule has 0 aromatic carbocycles. The molecule has 1 amide bonds. The van der Waals surface area contributed by atoms with Gasteiger partial charge in [-0.15, -0.1) is 11.3 Å². The van der Waals surface area contributed by atoms with E-state index in [0.717, 1.165) is 48.7 Å². The van der Waals surface area contributed by atoms with Crippen molar-refractivity contribution in [2.24, 2.45) is 7.05 Å². The van der Waals surface area contributed by atoms with Crippen LogP contribution in [0.2, 0.25) is 0 Å². The van der Waals surface area contributed by atoms with Crippen LogP contribution in [0.3, 0.4) is 0 Å². The van der Waals surface area contributed by atoms with Gasteiger partial charge in [-0.05, 0) is 44.2 Å². The molecule has 2 aromatic rings. The van der Waals surface area contributed by atoms with Gasteiger partial charge < -0.3 is 9.47 Å². The van der Waals surface area contributed by atoms with E-state index >= 15 is 0 Å². The summed E-state index contributed by atoms with van der Waals surface area (Å²) in [5.74, 6) is 1.70. The lowest BCUT2D eigenvalue weighted by atomic mass is 10.1. The van der Waals surface area contributed by atoms with Gasteiger partial charge in [0.25, 0.3) is 5.91 Å². The molecule has 2 aliphatic rings. The Labute approximate surface area is 134 Å². The Morgan fingerprint density at radius 3 is 3.00 bits per heavy atom. The summed E-state index contributed by atoms with van der Waals surface area (Å²) in [7, 11) is 2.05. The third-order valence-corrected chi connectivity index (χ3v) is 6.06. The van der Waals surface area contributed by atoms with E-state index in [0.29, 0.717) is 5.92 Å². The Balaban J connectivity index is 1.50. The highest BCUT2D eigenvalue weighted by molar-refractivity contribution is 7.14. The summed E-state index contributed by atoms with van der Waals surface area (Å²) in [6, 6.07) is 2.13. The average Bonchev–Trinajstić information content (AvgIpc) is 3.19. The Bertz CT molecular complexity index is 709. The van der Waals surface area contributed by atoms with Crippen LogP contribution in [0.1, 0.15) is 50.4 Å². The third-order valence-electron chi connectivity index (χ3n) is 4.83. The van der Waals surface area contributed by atoms with Gasteiger partial charge in [0.2, 0.25) is 0 Å². The minimum atomic E-state index is 0.216. The monoisotopic (exact) mass is 315 g/mol. The van der Waals surface area contributed by atoms with Gasteiger partial charge in [0.05, 0.1) is 10.6 Å². The van der Waals surface area contributed by atoms with E-state index in [4.69, 9.17) is 0 Å². The summed E-state index contributed by atoms with van der Waals surface area (Å²) in [5, 5.41) is 0. The molecule has 1 fully saturated rings. The minimum absolute atomic E-state index is 0.216. The minimum Gasteiger partial charge on any atom is -0.337 e. The molecule has 0 N–H and O–H groups in total. The number of fused-ring (bicyclic) bond motifs is 1. The van der Waals surface area contributed by atoms with Crippen LogP contribution in [-0.2, 0) is 19.9 Å². The van der Waals surface area contributed by atoms with Gasteiger partial charge in [0, 0.05) is 37.1 Å². The number of imidazole rings is 1. The molecule has 1 aliphatic heterocycles. The summed E-state index contributed by atoms with van der Waals surface area (Å²) in [4.78, 5) is 21.7. The van der Waals surface area contributed by atoms with Crippen molar-refractivity contribution in [3.8, 4) is 0 Å². The van der Waals surface area contributed by atoms with Crippen LogP contribution in [0.4, 0.5) is 0 Å². The third kappa shape index (κ3) is 2.28. The van der Waals surface area contributed by atoms with Gasteiger partial charge in [-0.2, -0.15) is 0 Å². The molecule has 3 heterocycles. The fourth-order valence-electron chi connectivity index (χ4n) is 3.76. The highest BCUT2D eigenvalue weighted by Crippen LogP contribution is 2.33. The van der Waals surface area contributed by atoms with E-state index in [1.807, 2.05) is 18.9 Å². The van der Waals surface area contributed by atoms with Gasteiger partial charge >= 0.3 is 0 Å². The average molecular weight is 315 g/mol. The lowest BCUT2D eigenvalue weighted by molar-refractivity contribution is 0.0795. The van der Waals surface area contributed by atoms with Crippen LogP contribution < -0.4 is 0 Å². The smallest absolute Gasteiger partial charge is 0.263 e. The highest BCUT2D eigenvalue weighted by Gasteiger charge is 2.31. The summed E-state index contributed by atoms with van der Waals surface area (Å²) >= 11 is 1.71. The molecule has 0 radical (unpaired) electrons. The number of aromatic nitrogens is 2. The number of carbonyl (C=O) groups is 1. The molecule has 1 atom stereocenters. The van der Waals surface area contributed by atoms with Crippen molar-refractivity contribution < 1.29 is 4.79 Å². The predicted molar refractivity (Wildman–Crippen MR) is 87.6 cm³/mol. The number of rotatable bonds is 2. The van der Waals surface area contributed by atoms with Crippen molar-refractivity contribution in [3.05, 3.63) is 39.1 Å². The van der Waals surface area contributed by atoms with Gasteiger partial charge in [0.1, 0.15) is 5.82 Å². The maximum Gasteiger partial charge on any atom is 0.263 e. The molecule has 4 rings (SSSR count). The van der Waals surface area contributed by atoms with Crippen molar-refractivity contribution in [1.29, 1.82) is 0 Å². The standard InChI is InChI=1S/C17H21N3OS/c1-11-9-19(2)16(18-11)13-6-7-20(10-13)17(21)15-8-12-4-3-5-14(12)22-15/h8-9,13H,3-7,10H2,1-2H3/t13-/m1/s1. The number of carbonyl (C=O) groups excluding carboxylic acids is 1. The molecular weight excluding hydrogens is 294 g/mol. The van der Waals surface area contributed by atoms with E-state index in [1.54, 1.807) is 11.3 Å². The second kappa shape index (κ2) is 5.23. The van der Waals surface area contributed by atoms with E-state index < -0.39 is 0 Å². The molecule has 4 nitrogen and oxygen atoms in total. The number of hydrogen-bond donors (Lipinski definition) is 0. The van der Waals surface area contributed by atoms with Crippen molar-refractivity contribution >= 4 is 17.2 Å². The summed E-state index contributed by atoms with van der Waals surface area (Å²) in [5.41, 5.74) is 2.46. The largest absolute Gasteiger partial charge is 0.337 e. The topological polar surface area (TPSA) is 38.1 Å². The Morgan fingerprint density at radius 2 is 2.27 bits per heavy atom. The first-order chi connectivity index (χ1) is 10.6. The zero-order valence-electron chi connectivity index (χ0n) is 13.1. The Kier molecular flexibility index (Phi) is 3.33. The van der Waals surface area contributed by atoms with Crippen LogP contribution in [0, 0.1) is 6.92 Å². The van der Waals surface area contributed by atoms with Gasteiger partial charge in [0.15, 0.2) is 0 Å². The quantitative estimate of drug-likeness (QED) is 0.854. The second-order valence-corrected chi connectivity index (χ2v) is 7.64. The molecule has 116 valence electrons. The Morgan fingerprint density at radius 1 is 1.41 bits per heavy atom. The first-order valence-corrected chi connectivity index (χ1v) is 8.84. The van der Waals surface area contributed by atoms with E-state index in [9.17, 15) is 4.79 Å². The van der Waals surface area contributed by atoms with E-state index in [-0.39, 0.29) is 5.91 Å². The normalized spacial score (nSPS) is 20.6. The first kappa shape index (κ1) is 14.0. The van der Waals surface area contributed by atoms with Crippen molar-refractivity contribution in [3.63, 3.8) is 0 Å². The molecule has 1 saturated heterocycles. The van der Waals surface area contributed by atoms with Crippen LogP contribution in [0.15, 0.2) is 12.3 Å².